The molecule has 0 saturated carbocycles. The summed E-state index contributed by atoms with van der Waals surface area (Å²) in [6, 6.07) is 14.2. The number of rotatable bonds is 4. The summed E-state index contributed by atoms with van der Waals surface area (Å²) in [5.41, 5.74) is 1.80. The highest BCUT2D eigenvalue weighted by molar-refractivity contribution is 9.10. The summed E-state index contributed by atoms with van der Waals surface area (Å²) < 4.78 is 27.9. The molecule has 138 valence electrons. The van der Waals surface area contributed by atoms with Crippen LogP contribution in [0.5, 0.6) is 0 Å². The summed E-state index contributed by atoms with van der Waals surface area (Å²) in [5, 5.41) is 2.91. The number of carbonyl (C=O) groups is 1. The van der Waals surface area contributed by atoms with Crippen molar-refractivity contribution in [2.45, 2.75) is 24.7 Å². The normalized spacial score (nSPS) is 18.5. The fourth-order valence-electron chi connectivity index (χ4n) is 3.10. The smallest absolute Gasteiger partial charge is 0.243 e. The zero-order chi connectivity index (χ0) is 18.7. The average Bonchev–Trinajstić information content (AvgIpc) is 2.62. The molecular weight excluding hydrogens is 416 g/mol. The van der Waals surface area contributed by atoms with Crippen molar-refractivity contribution in [1.82, 2.24) is 4.31 Å². The van der Waals surface area contributed by atoms with Crippen molar-refractivity contribution in [3.63, 3.8) is 0 Å². The van der Waals surface area contributed by atoms with Gasteiger partial charge in [-0.3, -0.25) is 4.79 Å². The quantitative estimate of drug-likeness (QED) is 0.792. The summed E-state index contributed by atoms with van der Waals surface area (Å²) >= 11 is 3.31. The van der Waals surface area contributed by atoms with Crippen LogP contribution in [0, 0.1) is 12.8 Å². The first-order valence-electron chi connectivity index (χ1n) is 8.49. The molecule has 2 aromatic rings. The van der Waals surface area contributed by atoms with Gasteiger partial charge in [-0.15, -0.1) is 0 Å². The summed E-state index contributed by atoms with van der Waals surface area (Å²) in [6.07, 6.45) is 1.35. The van der Waals surface area contributed by atoms with E-state index in [1.165, 1.54) is 4.31 Å². The van der Waals surface area contributed by atoms with Gasteiger partial charge in [0.25, 0.3) is 0 Å². The lowest BCUT2D eigenvalue weighted by Crippen LogP contribution is -2.43. The van der Waals surface area contributed by atoms with Crippen LogP contribution in [0.25, 0.3) is 0 Å². The number of halogens is 1. The molecule has 0 unspecified atom stereocenters. The SMILES string of the molecule is Cc1cccc(NC(=O)[C@H]2CCCN(S(=O)(=O)c3ccc(Br)cc3)C2)c1. The van der Waals surface area contributed by atoms with Crippen LogP contribution < -0.4 is 5.32 Å². The van der Waals surface area contributed by atoms with E-state index in [2.05, 4.69) is 21.2 Å². The lowest BCUT2D eigenvalue weighted by atomic mass is 9.98. The van der Waals surface area contributed by atoms with Crippen molar-refractivity contribution in [1.29, 1.82) is 0 Å². The summed E-state index contributed by atoms with van der Waals surface area (Å²) in [4.78, 5) is 12.8. The van der Waals surface area contributed by atoms with E-state index >= 15 is 0 Å². The van der Waals surface area contributed by atoms with Gasteiger partial charge in [0.1, 0.15) is 0 Å². The zero-order valence-corrected chi connectivity index (χ0v) is 16.9. The fourth-order valence-corrected chi connectivity index (χ4v) is 4.89. The van der Waals surface area contributed by atoms with Gasteiger partial charge >= 0.3 is 0 Å². The van der Waals surface area contributed by atoms with E-state index in [1.54, 1.807) is 24.3 Å². The molecule has 1 aliphatic rings. The maximum Gasteiger partial charge on any atom is 0.243 e. The first-order chi connectivity index (χ1) is 12.4. The number of nitrogens with one attached hydrogen (secondary N) is 1. The first-order valence-corrected chi connectivity index (χ1v) is 10.7. The number of aryl methyl sites for hydroxylation is 1. The second-order valence-corrected chi connectivity index (χ2v) is 9.37. The van der Waals surface area contributed by atoms with Gasteiger partial charge in [-0.2, -0.15) is 4.31 Å². The minimum Gasteiger partial charge on any atom is -0.326 e. The first kappa shape index (κ1) is 19.1. The van der Waals surface area contributed by atoms with Crippen molar-refractivity contribution >= 4 is 37.5 Å². The van der Waals surface area contributed by atoms with E-state index in [1.807, 2.05) is 31.2 Å². The third-order valence-electron chi connectivity index (χ3n) is 4.49. The zero-order valence-electron chi connectivity index (χ0n) is 14.5. The molecule has 1 atom stereocenters. The topological polar surface area (TPSA) is 66.5 Å². The van der Waals surface area contributed by atoms with Gasteiger partial charge < -0.3 is 5.32 Å². The van der Waals surface area contributed by atoms with Crippen molar-refractivity contribution in [2.24, 2.45) is 5.92 Å². The van der Waals surface area contributed by atoms with E-state index in [0.29, 0.717) is 19.4 Å². The molecule has 1 N–H and O–H groups in total. The van der Waals surface area contributed by atoms with Gasteiger partial charge in [0.2, 0.25) is 15.9 Å². The van der Waals surface area contributed by atoms with Crippen molar-refractivity contribution in [3.8, 4) is 0 Å². The number of anilines is 1. The number of nitrogens with zero attached hydrogens (tertiary/aromatic N) is 1. The molecule has 3 rings (SSSR count). The highest BCUT2D eigenvalue weighted by atomic mass is 79.9. The molecule has 0 aliphatic carbocycles. The number of carbonyl (C=O) groups excluding carboxylic acids is 1. The van der Waals surface area contributed by atoms with Crippen LogP contribution in [-0.2, 0) is 14.8 Å². The van der Waals surface area contributed by atoms with Gasteiger partial charge in [-0.05, 0) is 61.7 Å². The van der Waals surface area contributed by atoms with Crippen LogP contribution in [0.4, 0.5) is 5.69 Å². The standard InChI is InChI=1S/C19H21BrN2O3S/c1-14-4-2-6-17(12-14)21-19(23)15-5-3-11-22(13-15)26(24,25)18-9-7-16(20)8-10-18/h2,4,6-10,12,15H,3,5,11,13H2,1H3,(H,21,23)/t15-/m0/s1. The monoisotopic (exact) mass is 436 g/mol. The van der Waals surface area contributed by atoms with Crippen LogP contribution in [0.15, 0.2) is 57.9 Å². The Morgan fingerprint density at radius 2 is 1.92 bits per heavy atom. The third-order valence-corrected chi connectivity index (χ3v) is 6.90. The molecule has 1 amide bonds. The Labute approximate surface area is 162 Å². The predicted octanol–water partition coefficient (Wildman–Crippen LogP) is 3.80. The van der Waals surface area contributed by atoms with Crippen molar-refractivity contribution in [2.75, 3.05) is 18.4 Å². The molecule has 5 nitrogen and oxygen atoms in total. The van der Waals surface area contributed by atoms with Crippen LogP contribution in [-0.4, -0.2) is 31.7 Å². The van der Waals surface area contributed by atoms with Gasteiger partial charge in [-0.1, -0.05) is 28.1 Å². The molecule has 2 aromatic carbocycles. The molecule has 7 heteroatoms. The molecule has 1 saturated heterocycles. The summed E-state index contributed by atoms with van der Waals surface area (Å²) in [6.45, 7) is 2.60. The van der Waals surface area contributed by atoms with Gasteiger partial charge in [0.05, 0.1) is 10.8 Å². The number of hydrogen-bond acceptors (Lipinski definition) is 3. The minimum atomic E-state index is -3.59. The van der Waals surface area contributed by atoms with Crippen molar-refractivity contribution < 1.29 is 13.2 Å². The Hall–Kier alpha value is -1.70. The van der Waals surface area contributed by atoms with E-state index in [9.17, 15) is 13.2 Å². The van der Waals surface area contributed by atoms with E-state index < -0.39 is 10.0 Å². The van der Waals surface area contributed by atoms with Crippen LogP contribution in [0.1, 0.15) is 18.4 Å². The Balaban J connectivity index is 1.72. The molecule has 0 aromatic heterocycles. The highest BCUT2D eigenvalue weighted by Crippen LogP contribution is 2.25. The Morgan fingerprint density at radius 3 is 2.62 bits per heavy atom. The molecular formula is C19H21BrN2O3S. The molecule has 1 fully saturated rings. The van der Waals surface area contributed by atoms with E-state index in [0.717, 1.165) is 15.7 Å². The van der Waals surface area contributed by atoms with Crippen molar-refractivity contribution in [3.05, 3.63) is 58.6 Å². The second-order valence-electron chi connectivity index (χ2n) is 6.51. The number of benzene rings is 2. The Kier molecular flexibility index (Phi) is 5.79. The lowest BCUT2D eigenvalue weighted by molar-refractivity contribution is -0.120. The van der Waals surface area contributed by atoms with Gasteiger partial charge in [0, 0.05) is 23.2 Å². The molecule has 0 spiro atoms. The average molecular weight is 437 g/mol. The maximum absolute atomic E-state index is 12.8. The largest absolute Gasteiger partial charge is 0.326 e. The van der Waals surface area contributed by atoms with E-state index in [-0.39, 0.29) is 23.3 Å². The minimum absolute atomic E-state index is 0.133. The number of piperidine rings is 1. The molecule has 26 heavy (non-hydrogen) atoms. The molecule has 0 radical (unpaired) electrons. The maximum atomic E-state index is 12.8. The molecule has 1 aliphatic heterocycles. The lowest BCUT2D eigenvalue weighted by Gasteiger charge is -2.31. The molecule has 1 heterocycles. The molecule has 0 bridgehead atoms. The van der Waals surface area contributed by atoms with Gasteiger partial charge in [-0.25, -0.2) is 8.42 Å². The van der Waals surface area contributed by atoms with Crippen LogP contribution in [0.3, 0.4) is 0 Å². The predicted molar refractivity (Wildman–Crippen MR) is 105 cm³/mol. The summed E-state index contributed by atoms with van der Waals surface area (Å²) in [7, 11) is -3.59. The van der Waals surface area contributed by atoms with Crippen LogP contribution in [0.2, 0.25) is 0 Å². The van der Waals surface area contributed by atoms with Crippen LogP contribution >= 0.6 is 15.9 Å². The number of sulfonamides is 1. The Morgan fingerprint density at radius 1 is 1.19 bits per heavy atom. The van der Waals surface area contributed by atoms with Gasteiger partial charge in [0.15, 0.2) is 0 Å². The number of hydrogen-bond donors (Lipinski definition) is 1. The van der Waals surface area contributed by atoms with E-state index in [4.69, 9.17) is 0 Å². The fraction of sp³-hybridized carbons (Fsp3) is 0.316. The third kappa shape index (κ3) is 4.34. The summed E-state index contributed by atoms with van der Waals surface area (Å²) in [5.74, 6) is -0.485. The second kappa shape index (κ2) is 7.90. The Bertz CT molecular complexity index is 897. The number of amides is 1. The highest BCUT2D eigenvalue weighted by Gasteiger charge is 2.33.